The molecule has 7 heteroatoms. The molecule has 0 bridgehead atoms. The zero-order valence-electron chi connectivity index (χ0n) is 10.2. The third kappa shape index (κ3) is 2.98. The number of nitrogens with zero attached hydrogens (tertiary/aromatic N) is 2. The van der Waals surface area contributed by atoms with E-state index in [1.54, 1.807) is 4.90 Å². The summed E-state index contributed by atoms with van der Waals surface area (Å²) in [5.41, 5.74) is 0.361. The average Bonchev–Trinajstić information content (AvgIpc) is 2.89. The lowest BCUT2D eigenvalue weighted by Crippen LogP contribution is -2.30. The number of rotatable bonds is 2. The van der Waals surface area contributed by atoms with Crippen LogP contribution >= 0.6 is 23.2 Å². The Morgan fingerprint density at radius 3 is 2.84 bits per heavy atom. The lowest BCUT2D eigenvalue weighted by Gasteiger charge is -2.16. The number of carbonyl (C=O) groups excluding carboxylic acids is 2. The van der Waals surface area contributed by atoms with Crippen molar-refractivity contribution in [1.29, 1.82) is 0 Å². The maximum Gasteiger partial charge on any atom is 0.310 e. The van der Waals surface area contributed by atoms with Crippen LogP contribution in [0.3, 0.4) is 0 Å². The van der Waals surface area contributed by atoms with E-state index in [2.05, 4.69) is 9.72 Å². The largest absolute Gasteiger partial charge is 0.469 e. The van der Waals surface area contributed by atoms with Crippen LogP contribution in [0.2, 0.25) is 10.2 Å². The molecule has 0 radical (unpaired) electrons. The molecule has 1 saturated heterocycles. The molecule has 2 rings (SSSR count). The lowest BCUT2D eigenvalue weighted by atomic mass is 10.1. The van der Waals surface area contributed by atoms with E-state index in [0.29, 0.717) is 25.1 Å². The summed E-state index contributed by atoms with van der Waals surface area (Å²) in [7, 11) is 1.34. The van der Waals surface area contributed by atoms with Gasteiger partial charge in [0.1, 0.15) is 5.15 Å². The van der Waals surface area contributed by atoms with Crippen LogP contribution < -0.4 is 0 Å². The Morgan fingerprint density at radius 1 is 1.47 bits per heavy atom. The SMILES string of the molecule is COC(=O)C1CCN(C(=O)c2cnc(Cl)c(Cl)c2)C1. The molecule has 19 heavy (non-hydrogen) atoms. The average molecular weight is 303 g/mol. The van der Waals surface area contributed by atoms with Gasteiger partial charge in [0.25, 0.3) is 5.91 Å². The van der Waals surface area contributed by atoms with Crippen molar-refractivity contribution in [3.63, 3.8) is 0 Å². The highest BCUT2D eigenvalue weighted by atomic mass is 35.5. The number of halogens is 2. The minimum atomic E-state index is -0.289. The predicted octanol–water partition coefficient (Wildman–Crippen LogP) is 2.02. The second kappa shape index (κ2) is 5.75. The van der Waals surface area contributed by atoms with Crippen LogP contribution in [0.5, 0.6) is 0 Å². The van der Waals surface area contributed by atoms with E-state index in [1.807, 2.05) is 0 Å². The normalized spacial score (nSPS) is 18.5. The first-order valence-electron chi connectivity index (χ1n) is 5.71. The highest BCUT2D eigenvalue weighted by molar-refractivity contribution is 6.41. The standard InChI is InChI=1S/C12H12Cl2N2O3/c1-19-12(18)7-2-3-16(6-7)11(17)8-4-9(13)10(14)15-5-8/h4-5,7H,2-3,6H2,1H3. The summed E-state index contributed by atoms with van der Waals surface area (Å²) in [6, 6.07) is 1.48. The smallest absolute Gasteiger partial charge is 0.310 e. The topological polar surface area (TPSA) is 59.5 Å². The third-order valence-electron chi connectivity index (χ3n) is 3.05. The Balaban J connectivity index is 2.09. The molecule has 0 aliphatic carbocycles. The minimum Gasteiger partial charge on any atom is -0.469 e. The molecule has 102 valence electrons. The van der Waals surface area contributed by atoms with Crippen molar-refractivity contribution in [1.82, 2.24) is 9.88 Å². The maximum absolute atomic E-state index is 12.2. The van der Waals surface area contributed by atoms with Crippen molar-refractivity contribution >= 4 is 35.1 Å². The molecular formula is C12H12Cl2N2O3. The Hall–Kier alpha value is -1.33. The Kier molecular flexibility index (Phi) is 4.27. The molecule has 0 N–H and O–H groups in total. The number of methoxy groups -OCH3 is 1. The van der Waals surface area contributed by atoms with Crippen molar-refractivity contribution in [3.8, 4) is 0 Å². The van der Waals surface area contributed by atoms with Gasteiger partial charge in [-0.15, -0.1) is 0 Å². The first kappa shape index (κ1) is 14.1. The van der Waals surface area contributed by atoms with Crippen LogP contribution in [0.25, 0.3) is 0 Å². The quantitative estimate of drug-likeness (QED) is 0.619. The van der Waals surface area contributed by atoms with Crippen LogP contribution in [-0.2, 0) is 9.53 Å². The predicted molar refractivity (Wildman–Crippen MR) is 70.3 cm³/mol. The molecule has 0 aromatic carbocycles. The molecule has 5 nitrogen and oxygen atoms in total. The van der Waals surface area contributed by atoms with Gasteiger partial charge in [-0.1, -0.05) is 23.2 Å². The molecule has 2 heterocycles. The van der Waals surface area contributed by atoms with Crippen molar-refractivity contribution in [2.45, 2.75) is 6.42 Å². The zero-order chi connectivity index (χ0) is 14.0. The zero-order valence-corrected chi connectivity index (χ0v) is 11.7. The van der Waals surface area contributed by atoms with Crippen molar-refractivity contribution < 1.29 is 14.3 Å². The number of amides is 1. The number of carbonyl (C=O) groups is 2. The van der Waals surface area contributed by atoms with Crippen molar-refractivity contribution in [3.05, 3.63) is 28.0 Å². The van der Waals surface area contributed by atoms with Gasteiger partial charge in [-0.25, -0.2) is 4.98 Å². The molecule has 1 unspecified atom stereocenters. The van der Waals surface area contributed by atoms with Crippen LogP contribution in [0.15, 0.2) is 12.3 Å². The highest BCUT2D eigenvalue weighted by Gasteiger charge is 2.32. The van der Waals surface area contributed by atoms with Gasteiger partial charge >= 0.3 is 5.97 Å². The number of likely N-dealkylation sites (tertiary alicyclic amines) is 1. The van der Waals surface area contributed by atoms with E-state index in [1.165, 1.54) is 19.4 Å². The molecule has 0 saturated carbocycles. The molecule has 1 aliphatic heterocycles. The number of ether oxygens (including phenoxy) is 1. The van der Waals surface area contributed by atoms with Gasteiger partial charge in [0.2, 0.25) is 0 Å². The molecule has 1 amide bonds. The first-order chi connectivity index (χ1) is 9.02. The third-order valence-corrected chi connectivity index (χ3v) is 3.74. The Labute approximate surface area is 120 Å². The number of hydrogen-bond acceptors (Lipinski definition) is 4. The van der Waals surface area contributed by atoms with Gasteiger partial charge in [-0.05, 0) is 12.5 Å². The van der Waals surface area contributed by atoms with Crippen molar-refractivity contribution in [2.75, 3.05) is 20.2 Å². The summed E-state index contributed by atoms with van der Waals surface area (Å²) in [6.45, 7) is 0.866. The van der Waals surface area contributed by atoms with Crippen molar-refractivity contribution in [2.24, 2.45) is 5.92 Å². The molecule has 1 aliphatic rings. The van der Waals surface area contributed by atoms with Gasteiger partial charge < -0.3 is 9.64 Å². The van der Waals surface area contributed by atoms with E-state index in [-0.39, 0.29) is 28.0 Å². The summed E-state index contributed by atoms with van der Waals surface area (Å²) < 4.78 is 4.67. The molecule has 1 fully saturated rings. The number of esters is 1. The Bertz CT molecular complexity index is 522. The number of aromatic nitrogens is 1. The molecule has 1 aromatic heterocycles. The summed E-state index contributed by atoms with van der Waals surface area (Å²) in [5, 5.41) is 0.392. The summed E-state index contributed by atoms with van der Waals surface area (Å²) in [4.78, 5) is 29.0. The van der Waals surface area contributed by atoms with E-state index in [9.17, 15) is 9.59 Å². The fraction of sp³-hybridized carbons (Fsp3) is 0.417. The van der Waals surface area contributed by atoms with Crippen LogP contribution in [0.4, 0.5) is 0 Å². The molecule has 1 aromatic rings. The van der Waals surface area contributed by atoms with E-state index < -0.39 is 0 Å². The maximum atomic E-state index is 12.2. The van der Waals surface area contributed by atoms with Gasteiger partial charge in [0, 0.05) is 19.3 Å². The summed E-state index contributed by atoms with van der Waals surface area (Å²) in [5.74, 6) is -0.760. The second-order valence-corrected chi connectivity index (χ2v) is 5.02. The van der Waals surface area contributed by atoms with Gasteiger partial charge in [-0.3, -0.25) is 9.59 Å². The fourth-order valence-electron chi connectivity index (χ4n) is 2.02. The lowest BCUT2D eigenvalue weighted by molar-refractivity contribution is -0.144. The van der Waals surface area contributed by atoms with E-state index in [4.69, 9.17) is 23.2 Å². The Morgan fingerprint density at radius 2 is 2.21 bits per heavy atom. The minimum absolute atomic E-state index is 0.159. The van der Waals surface area contributed by atoms with Gasteiger partial charge in [0.15, 0.2) is 0 Å². The van der Waals surface area contributed by atoms with Crippen LogP contribution in [0.1, 0.15) is 16.8 Å². The van der Waals surface area contributed by atoms with Gasteiger partial charge in [0.05, 0.1) is 23.6 Å². The molecule has 1 atom stereocenters. The second-order valence-electron chi connectivity index (χ2n) is 4.26. The van der Waals surface area contributed by atoms with Crippen LogP contribution in [0, 0.1) is 5.92 Å². The molecular weight excluding hydrogens is 291 g/mol. The van der Waals surface area contributed by atoms with E-state index in [0.717, 1.165) is 0 Å². The van der Waals surface area contributed by atoms with Crippen LogP contribution in [-0.4, -0.2) is 42.0 Å². The summed E-state index contributed by atoms with van der Waals surface area (Å²) >= 11 is 11.5. The number of hydrogen-bond donors (Lipinski definition) is 0. The summed E-state index contributed by atoms with van der Waals surface area (Å²) in [6.07, 6.45) is 1.98. The highest BCUT2D eigenvalue weighted by Crippen LogP contribution is 2.23. The monoisotopic (exact) mass is 302 g/mol. The first-order valence-corrected chi connectivity index (χ1v) is 6.46. The van der Waals surface area contributed by atoms with E-state index >= 15 is 0 Å². The fourth-order valence-corrected chi connectivity index (χ4v) is 2.29. The van der Waals surface area contributed by atoms with Gasteiger partial charge in [-0.2, -0.15) is 0 Å². The molecule has 0 spiro atoms. The number of pyridine rings is 1.